The van der Waals surface area contributed by atoms with E-state index < -0.39 is 0 Å². The maximum atomic E-state index is 4.93. The molecule has 1 radical (unpaired) electrons. The largest absolute Gasteiger partial charge is 0.358 e. The van der Waals surface area contributed by atoms with E-state index in [-0.39, 0.29) is 69.0 Å². The average Bonchev–Trinajstić information content (AvgIpc) is 1.41. The van der Waals surface area contributed by atoms with Gasteiger partial charge in [-0.05, 0) is 0 Å². The van der Waals surface area contributed by atoms with Crippen LogP contribution in [-0.4, -0.2) is 0 Å². The minimum absolute atomic E-state index is 0. The SMILES string of the molecule is Cl.[CH-]=CC=CC.[CH3-].[CH3-].[CH3-].[CH3-].[CH3-].[Rh]. The van der Waals surface area contributed by atoms with Crippen molar-refractivity contribution >= 4 is 12.4 Å². The van der Waals surface area contributed by atoms with Crippen molar-refractivity contribution in [1.29, 1.82) is 0 Å². The van der Waals surface area contributed by atoms with Crippen molar-refractivity contribution in [1.82, 2.24) is 0 Å². The van der Waals surface area contributed by atoms with Crippen molar-refractivity contribution < 1.29 is 19.5 Å². The van der Waals surface area contributed by atoms with Crippen molar-refractivity contribution in [2.45, 2.75) is 6.92 Å². The van der Waals surface area contributed by atoms with Crippen LogP contribution in [0, 0.1) is 43.7 Å². The van der Waals surface area contributed by atoms with Gasteiger partial charge in [-0.15, -0.1) is 12.4 Å². The third kappa shape index (κ3) is 160. The van der Waals surface area contributed by atoms with Crippen molar-refractivity contribution in [3.05, 3.63) is 61.9 Å². The van der Waals surface area contributed by atoms with E-state index in [1.54, 1.807) is 6.08 Å². The van der Waals surface area contributed by atoms with Gasteiger partial charge in [0.05, 0.1) is 0 Å². The van der Waals surface area contributed by atoms with E-state index in [2.05, 4.69) is 0 Å². The molecule has 0 heterocycles. The van der Waals surface area contributed by atoms with E-state index in [1.807, 2.05) is 13.0 Å². The van der Waals surface area contributed by atoms with Crippen LogP contribution in [0.3, 0.4) is 0 Å². The van der Waals surface area contributed by atoms with Gasteiger partial charge in [0, 0.05) is 19.5 Å². The number of allylic oxidation sites excluding steroid dienone is 3. The fourth-order valence-electron chi connectivity index (χ4n) is 0.111. The second kappa shape index (κ2) is 107. The van der Waals surface area contributed by atoms with Gasteiger partial charge in [0.25, 0.3) is 0 Å². The Morgan fingerprint density at radius 1 is 0.917 bits per heavy atom. The van der Waals surface area contributed by atoms with Gasteiger partial charge < -0.3 is 37.1 Å². The number of hydrogen-bond donors (Lipinski definition) is 0. The van der Waals surface area contributed by atoms with Crippen LogP contribution >= 0.6 is 12.4 Å². The molecule has 0 nitrogen and oxygen atoms in total. The fourth-order valence-corrected chi connectivity index (χ4v) is 0.111. The zero-order valence-electron chi connectivity index (χ0n) is 9.05. The van der Waals surface area contributed by atoms with Crippen LogP contribution in [0.15, 0.2) is 18.2 Å². The molecule has 0 unspecified atom stereocenters. The molecular formula is C10H23ClRh-6. The first-order valence-electron chi connectivity index (χ1n) is 1.58. The normalized spacial score (nSPS) is 3.75. The summed E-state index contributed by atoms with van der Waals surface area (Å²) in [4.78, 5) is 0. The van der Waals surface area contributed by atoms with Crippen molar-refractivity contribution in [3.8, 4) is 0 Å². The monoisotopic (exact) mass is 281 g/mol. The van der Waals surface area contributed by atoms with Crippen LogP contribution < -0.4 is 0 Å². The van der Waals surface area contributed by atoms with Gasteiger partial charge in [0.2, 0.25) is 0 Å². The first-order valence-corrected chi connectivity index (χ1v) is 1.58. The third-order valence-corrected chi connectivity index (χ3v) is 0.304. The molecule has 0 atom stereocenters. The summed E-state index contributed by atoms with van der Waals surface area (Å²) < 4.78 is 0. The molecule has 85 valence electrons. The standard InChI is InChI=1S/C5H7.5CH3.ClH.Rh/c1-3-5-4-2;;;;;;;/h1,3-5H,2H3;5*1H3;1H;/q6*-1;;. The Hall–Kier alpha value is 0.393. The summed E-state index contributed by atoms with van der Waals surface area (Å²) in [6, 6.07) is 0. The van der Waals surface area contributed by atoms with Gasteiger partial charge >= 0.3 is 0 Å². The molecule has 0 aromatic rings. The predicted octanol–water partition coefficient (Wildman–Crippen LogP) is 4.22. The molecule has 0 aliphatic carbocycles. The van der Waals surface area contributed by atoms with Gasteiger partial charge in [0.1, 0.15) is 0 Å². The van der Waals surface area contributed by atoms with Crippen LogP contribution in [-0.2, 0) is 19.5 Å². The summed E-state index contributed by atoms with van der Waals surface area (Å²) >= 11 is 0. The Labute approximate surface area is 101 Å². The van der Waals surface area contributed by atoms with E-state index in [0.717, 1.165) is 0 Å². The molecule has 0 fully saturated rings. The molecule has 0 aromatic heterocycles. The van der Waals surface area contributed by atoms with Gasteiger partial charge in [-0.25, -0.2) is 12.2 Å². The minimum Gasteiger partial charge on any atom is -0.358 e. The maximum Gasteiger partial charge on any atom is 0 e. The molecule has 0 saturated heterocycles. The Morgan fingerprint density at radius 3 is 1.17 bits per heavy atom. The smallest absolute Gasteiger partial charge is 0 e. The first kappa shape index (κ1) is 83.3. The Kier molecular flexibility index (Phi) is 742. The molecule has 2 heteroatoms. The molecule has 0 aliphatic rings. The third-order valence-electron chi connectivity index (χ3n) is 0.304. The van der Waals surface area contributed by atoms with E-state index in [1.165, 1.54) is 6.08 Å². The second-order valence-corrected chi connectivity index (χ2v) is 0.718. The molecule has 0 aromatic carbocycles. The number of rotatable bonds is 1. The number of hydrogen-bond acceptors (Lipinski definition) is 0. The van der Waals surface area contributed by atoms with Crippen LogP contribution in [0.25, 0.3) is 0 Å². The predicted molar refractivity (Wildman–Crippen MR) is 63.0 cm³/mol. The van der Waals surface area contributed by atoms with Gasteiger partial charge in [-0.1, -0.05) is 6.92 Å². The van der Waals surface area contributed by atoms with Crippen molar-refractivity contribution in [2.75, 3.05) is 0 Å². The van der Waals surface area contributed by atoms with Gasteiger partial charge in [-0.3, -0.25) is 6.58 Å². The minimum atomic E-state index is 0. The quantitative estimate of drug-likeness (QED) is 0.383. The number of halogens is 1. The average molecular weight is 282 g/mol. The summed E-state index contributed by atoms with van der Waals surface area (Å²) in [6.07, 6.45) is 5.15. The Bertz CT molecular complexity index is 51.8. The van der Waals surface area contributed by atoms with Gasteiger partial charge in [0.15, 0.2) is 0 Å². The van der Waals surface area contributed by atoms with E-state index in [9.17, 15) is 0 Å². The molecule has 0 saturated carbocycles. The molecule has 0 spiro atoms. The first-order chi connectivity index (χ1) is 2.41. The Morgan fingerprint density at radius 2 is 1.17 bits per heavy atom. The molecule has 0 bridgehead atoms. The van der Waals surface area contributed by atoms with Crippen molar-refractivity contribution in [2.24, 2.45) is 0 Å². The van der Waals surface area contributed by atoms with E-state index in [4.69, 9.17) is 6.58 Å². The molecule has 0 rings (SSSR count). The summed E-state index contributed by atoms with van der Waals surface area (Å²) in [7, 11) is 0. The van der Waals surface area contributed by atoms with Crippen LogP contribution in [0.1, 0.15) is 6.92 Å². The van der Waals surface area contributed by atoms with Crippen LogP contribution in [0.2, 0.25) is 0 Å². The molecule has 0 N–H and O–H groups in total. The molecule has 12 heavy (non-hydrogen) atoms. The molecule has 0 amide bonds. The van der Waals surface area contributed by atoms with E-state index >= 15 is 0 Å². The maximum absolute atomic E-state index is 4.93. The fraction of sp³-hybridized carbons (Fsp3) is 0.100. The van der Waals surface area contributed by atoms with Crippen LogP contribution in [0.4, 0.5) is 0 Å². The molecule has 0 aliphatic heterocycles. The summed E-state index contributed by atoms with van der Waals surface area (Å²) in [6.45, 7) is 6.85. The zero-order chi connectivity index (χ0) is 4.12. The van der Waals surface area contributed by atoms with Crippen LogP contribution in [0.5, 0.6) is 0 Å². The Balaban J connectivity index is -0.00000000381. The zero-order valence-corrected chi connectivity index (χ0v) is 11.5. The van der Waals surface area contributed by atoms with E-state index in [0.29, 0.717) is 0 Å². The molecular weight excluding hydrogens is 258 g/mol. The summed E-state index contributed by atoms with van der Waals surface area (Å²) in [5.41, 5.74) is 0. The summed E-state index contributed by atoms with van der Waals surface area (Å²) in [5.74, 6) is 0. The topological polar surface area (TPSA) is 0 Å². The van der Waals surface area contributed by atoms with Crippen molar-refractivity contribution in [3.63, 3.8) is 0 Å². The second-order valence-electron chi connectivity index (χ2n) is 0.718. The summed E-state index contributed by atoms with van der Waals surface area (Å²) in [5, 5.41) is 0. The van der Waals surface area contributed by atoms with Gasteiger partial charge in [-0.2, -0.15) is 6.08 Å².